The lowest BCUT2D eigenvalue weighted by molar-refractivity contribution is 0.0722. The van der Waals surface area contributed by atoms with Crippen molar-refractivity contribution < 1.29 is 9.53 Å². The molecule has 5 heteroatoms. The Morgan fingerprint density at radius 2 is 2.24 bits per heavy atom. The topological polar surface area (TPSA) is 63.2 Å². The van der Waals surface area contributed by atoms with Crippen LogP contribution < -0.4 is 10.6 Å². The van der Waals surface area contributed by atoms with E-state index in [1.165, 1.54) is 0 Å². The van der Waals surface area contributed by atoms with Gasteiger partial charge in [-0.3, -0.25) is 4.79 Å². The fourth-order valence-electron chi connectivity index (χ4n) is 2.77. The van der Waals surface area contributed by atoms with Crippen molar-refractivity contribution in [2.45, 2.75) is 51.7 Å². The van der Waals surface area contributed by atoms with Gasteiger partial charge < -0.3 is 15.4 Å². The molecule has 1 fully saturated rings. The molecule has 0 saturated heterocycles. The highest BCUT2D eigenvalue weighted by molar-refractivity contribution is 5.95. The highest BCUT2D eigenvalue weighted by atomic mass is 16.5. The van der Waals surface area contributed by atoms with E-state index in [-0.39, 0.29) is 18.1 Å². The van der Waals surface area contributed by atoms with Gasteiger partial charge in [0.25, 0.3) is 5.91 Å². The minimum Gasteiger partial charge on any atom is -0.379 e. The molecule has 1 aromatic heterocycles. The number of hydrogen-bond donors (Lipinski definition) is 2. The second-order valence-corrected chi connectivity index (χ2v) is 5.59. The van der Waals surface area contributed by atoms with Crippen LogP contribution in [0.5, 0.6) is 0 Å². The quantitative estimate of drug-likeness (QED) is 0.845. The Morgan fingerprint density at radius 3 is 2.95 bits per heavy atom. The molecule has 21 heavy (non-hydrogen) atoms. The van der Waals surface area contributed by atoms with Crippen molar-refractivity contribution in [2.24, 2.45) is 0 Å². The van der Waals surface area contributed by atoms with E-state index in [0.717, 1.165) is 43.7 Å². The first-order valence-electron chi connectivity index (χ1n) is 7.70. The normalized spacial score (nSPS) is 21.3. The molecule has 1 amide bonds. The number of ether oxygens (including phenoxy) is 1. The average Bonchev–Trinajstić information content (AvgIpc) is 2.91. The molecule has 0 aliphatic heterocycles. The van der Waals surface area contributed by atoms with Gasteiger partial charge in [0.05, 0.1) is 12.1 Å². The van der Waals surface area contributed by atoms with Gasteiger partial charge in [-0.2, -0.15) is 0 Å². The molecule has 0 aromatic carbocycles. The van der Waals surface area contributed by atoms with Crippen molar-refractivity contribution in [1.82, 2.24) is 10.3 Å². The van der Waals surface area contributed by atoms with Crippen molar-refractivity contribution in [3.05, 3.63) is 23.4 Å². The van der Waals surface area contributed by atoms with Gasteiger partial charge in [-0.1, -0.05) is 6.92 Å². The van der Waals surface area contributed by atoms with Crippen LogP contribution in [0, 0.1) is 6.92 Å². The monoisotopic (exact) mass is 291 g/mol. The van der Waals surface area contributed by atoms with Crippen LogP contribution in [0.2, 0.25) is 0 Å². The first kappa shape index (κ1) is 15.8. The smallest absolute Gasteiger partial charge is 0.251 e. The maximum absolute atomic E-state index is 12.4. The van der Waals surface area contributed by atoms with E-state index in [0.29, 0.717) is 5.56 Å². The lowest BCUT2D eigenvalue weighted by Gasteiger charge is -2.20. The fourth-order valence-corrected chi connectivity index (χ4v) is 2.77. The molecule has 1 aliphatic carbocycles. The van der Waals surface area contributed by atoms with E-state index in [1.807, 2.05) is 19.1 Å². The number of aromatic nitrogens is 1. The number of carbonyl (C=O) groups excluding carboxylic acids is 1. The first-order chi connectivity index (χ1) is 10.1. The highest BCUT2D eigenvalue weighted by Gasteiger charge is 2.28. The molecule has 2 N–H and O–H groups in total. The summed E-state index contributed by atoms with van der Waals surface area (Å²) in [4.78, 5) is 16.8. The molecule has 1 heterocycles. The zero-order valence-corrected chi connectivity index (χ0v) is 13.1. The van der Waals surface area contributed by atoms with Crippen LogP contribution >= 0.6 is 0 Å². The molecule has 0 bridgehead atoms. The summed E-state index contributed by atoms with van der Waals surface area (Å²) in [6.45, 7) is 4.86. The van der Waals surface area contributed by atoms with Crippen molar-refractivity contribution in [3.8, 4) is 0 Å². The number of pyridine rings is 1. The van der Waals surface area contributed by atoms with Crippen molar-refractivity contribution in [3.63, 3.8) is 0 Å². The maximum Gasteiger partial charge on any atom is 0.251 e. The van der Waals surface area contributed by atoms with Crippen LogP contribution in [0.15, 0.2) is 12.1 Å². The van der Waals surface area contributed by atoms with Gasteiger partial charge >= 0.3 is 0 Å². The van der Waals surface area contributed by atoms with Crippen molar-refractivity contribution in [1.29, 1.82) is 0 Å². The SMILES string of the molecule is CCCNc1cc(C(=O)NC2CCCC2OC)cc(C)n1. The third kappa shape index (κ3) is 4.17. The lowest BCUT2D eigenvalue weighted by atomic mass is 10.1. The van der Waals surface area contributed by atoms with Crippen molar-refractivity contribution >= 4 is 11.7 Å². The maximum atomic E-state index is 12.4. The Labute approximate surface area is 126 Å². The average molecular weight is 291 g/mol. The number of anilines is 1. The molecule has 0 radical (unpaired) electrons. The van der Waals surface area contributed by atoms with E-state index in [9.17, 15) is 4.79 Å². The number of rotatable bonds is 6. The Morgan fingerprint density at radius 1 is 1.43 bits per heavy atom. The predicted molar refractivity (Wildman–Crippen MR) is 83.7 cm³/mol. The second-order valence-electron chi connectivity index (χ2n) is 5.59. The number of hydrogen-bond acceptors (Lipinski definition) is 4. The van der Waals surface area contributed by atoms with E-state index < -0.39 is 0 Å². The van der Waals surface area contributed by atoms with E-state index in [4.69, 9.17) is 4.74 Å². The number of nitrogens with zero attached hydrogens (tertiary/aromatic N) is 1. The van der Waals surface area contributed by atoms with Gasteiger partial charge in [0.2, 0.25) is 0 Å². The van der Waals surface area contributed by atoms with E-state index in [1.54, 1.807) is 7.11 Å². The predicted octanol–water partition coefficient (Wildman–Crippen LogP) is 2.51. The summed E-state index contributed by atoms with van der Waals surface area (Å²) in [6, 6.07) is 3.75. The Bertz CT molecular complexity index is 490. The summed E-state index contributed by atoms with van der Waals surface area (Å²) in [5.74, 6) is 0.714. The van der Waals surface area contributed by atoms with Crippen molar-refractivity contribution in [2.75, 3.05) is 19.0 Å². The summed E-state index contributed by atoms with van der Waals surface area (Å²) >= 11 is 0. The molecule has 2 unspecified atom stereocenters. The summed E-state index contributed by atoms with van der Waals surface area (Å²) in [7, 11) is 1.71. The molecule has 1 aliphatic rings. The minimum atomic E-state index is -0.0472. The second kappa shape index (κ2) is 7.41. The Balaban J connectivity index is 2.06. The third-order valence-corrected chi connectivity index (χ3v) is 3.84. The van der Waals surface area contributed by atoms with Crippen LogP contribution in [-0.2, 0) is 4.74 Å². The molecule has 2 atom stereocenters. The first-order valence-corrected chi connectivity index (χ1v) is 7.70. The summed E-state index contributed by atoms with van der Waals surface area (Å²) in [5, 5.41) is 6.32. The largest absolute Gasteiger partial charge is 0.379 e. The van der Waals surface area contributed by atoms with Crippen LogP contribution in [-0.4, -0.2) is 36.7 Å². The molecule has 1 saturated carbocycles. The summed E-state index contributed by atoms with van der Waals surface area (Å²) < 4.78 is 5.42. The summed E-state index contributed by atoms with van der Waals surface area (Å²) in [6.07, 6.45) is 4.25. The Kier molecular flexibility index (Phi) is 5.56. The van der Waals surface area contributed by atoms with Crippen LogP contribution in [0.25, 0.3) is 0 Å². The molecule has 0 spiro atoms. The van der Waals surface area contributed by atoms with Crippen LogP contribution in [0.1, 0.15) is 48.7 Å². The van der Waals surface area contributed by atoms with Gasteiger partial charge in [-0.05, 0) is 44.7 Å². The zero-order valence-electron chi connectivity index (χ0n) is 13.1. The minimum absolute atomic E-state index is 0.0472. The van der Waals surface area contributed by atoms with Crippen LogP contribution in [0.3, 0.4) is 0 Å². The summed E-state index contributed by atoms with van der Waals surface area (Å²) in [5.41, 5.74) is 1.50. The van der Waals surface area contributed by atoms with Crippen LogP contribution in [0.4, 0.5) is 5.82 Å². The van der Waals surface area contributed by atoms with Gasteiger partial charge in [0.1, 0.15) is 5.82 Å². The fraction of sp³-hybridized carbons (Fsp3) is 0.625. The molecule has 1 aromatic rings. The molecular formula is C16H25N3O2. The van der Waals surface area contributed by atoms with Gasteiger partial charge in [0.15, 0.2) is 0 Å². The highest BCUT2D eigenvalue weighted by Crippen LogP contribution is 2.22. The molecule has 2 rings (SSSR count). The van der Waals surface area contributed by atoms with Gasteiger partial charge in [0, 0.05) is 24.9 Å². The number of amides is 1. The molecule has 5 nitrogen and oxygen atoms in total. The van der Waals surface area contributed by atoms with E-state index >= 15 is 0 Å². The standard InChI is InChI=1S/C16H25N3O2/c1-4-8-17-15-10-12(9-11(2)18-15)16(20)19-13-6-5-7-14(13)21-3/h9-10,13-14H,4-8H2,1-3H3,(H,17,18)(H,19,20). The zero-order chi connectivity index (χ0) is 15.2. The number of methoxy groups -OCH3 is 1. The van der Waals surface area contributed by atoms with Gasteiger partial charge in [-0.15, -0.1) is 0 Å². The number of nitrogens with one attached hydrogen (secondary N) is 2. The number of carbonyl (C=O) groups is 1. The van der Waals surface area contributed by atoms with Gasteiger partial charge in [-0.25, -0.2) is 4.98 Å². The molecular weight excluding hydrogens is 266 g/mol. The lowest BCUT2D eigenvalue weighted by Crippen LogP contribution is -2.40. The Hall–Kier alpha value is -1.62. The van der Waals surface area contributed by atoms with E-state index in [2.05, 4.69) is 22.5 Å². The third-order valence-electron chi connectivity index (χ3n) is 3.84. The number of aryl methyl sites for hydroxylation is 1. The molecule has 116 valence electrons.